The van der Waals surface area contributed by atoms with Crippen LogP contribution in [-0.2, 0) is 10.0 Å². The lowest BCUT2D eigenvalue weighted by molar-refractivity contribution is 0.151. The molecular weight excluding hydrogens is 218 g/mol. The normalized spacial score (nSPS) is 12.0. The summed E-state index contributed by atoms with van der Waals surface area (Å²) in [4.78, 5) is 12.6. The van der Waals surface area contributed by atoms with Crippen molar-refractivity contribution in [3.05, 3.63) is 28.0 Å². The molecule has 1 rings (SSSR count). The monoisotopic (exact) mass is 224 g/mol. The molecule has 0 aromatic carbocycles. The van der Waals surface area contributed by atoms with Gasteiger partial charge in [-0.25, -0.2) is 22.3 Å². The molecular formula is C6H6F2N2O3S. The molecule has 1 heterocycles. The number of nitrogens with two attached hydrogens (primary N) is 1. The van der Waals surface area contributed by atoms with Crippen LogP contribution >= 0.6 is 0 Å². The third-order valence-corrected chi connectivity index (χ3v) is 2.23. The summed E-state index contributed by atoms with van der Waals surface area (Å²) in [5.74, 6) is 0. The topological polar surface area (TPSA) is 93.0 Å². The van der Waals surface area contributed by atoms with Gasteiger partial charge < -0.3 is 4.98 Å². The van der Waals surface area contributed by atoms with Crippen LogP contribution in [0.15, 0.2) is 22.0 Å². The Labute approximate surface area is 77.6 Å². The molecule has 0 spiro atoms. The van der Waals surface area contributed by atoms with Gasteiger partial charge in [0.1, 0.15) is 0 Å². The maximum atomic E-state index is 12.1. The Balaban J connectivity index is 3.43. The maximum absolute atomic E-state index is 12.1. The Bertz CT molecular complexity index is 494. The molecule has 0 aliphatic heterocycles. The Morgan fingerprint density at radius 2 is 1.93 bits per heavy atom. The van der Waals surface area contributed by atoms with E-state index < -0.39 is 32.6 Å². The van der Waals surface area contributed by atoms with Crippen molar-refractivity contribution in [3.63, 3.8) is 0 Å². The van der Waals surface area contributed by atoms with E-state index in [0.29, 0.717) is 12.1 Å². The Kier molecular flexibility index (Phi) is 2.67. The predicted octanol–water partition coefficient (Wildman–Crippen LogP) is -0.0401. The predicted molar refractivity (Wildman–Crippen MR) is 43.4 cm³/mol. The van der Waals surface area contributed by atoms with Crippen molar-refractivity contribution in [2.75, 3.05) is 0 Å². The standard InChI is InChI=1S/C6H6F2N2O3S/c7-6(8)3-1-4(11)10-5(2-3)14(9,12)13/h1-2,6H,(H,10,11)(H2,9,12,13). The average Bonchev–Trinajstić information content (AvgIpc) is 2.01. The van der Waals surface area contributed by atoms with E-state index in [1.165, 1.54) is 0 Å². The number of rotatable bonds is 2. The van der Waals surface area contributed by atoms with Gasteiger partial charge in [-0.1, -0.05) is 0 Å². The first-order valence-corrected chi connectivity index (χ1v) is 4.90. The zero-order valence-corrected chi connectivity index (χ0v) is 7.51. The molecule has 78 valence electrons. The van der Waals surface area contributed by atoms with Crippen LogP contribution in [0.2, 0.25) is 0 Å². The third-order valence-electron chi connectivity index (χ3n) is 1.40. The number of aromatic amines is 1. The van der Waals surface area contributed by atoms with Crippen LogP contribution in [0, 0.1) is 0 Å². The quantitative estimate of drug-likeness (QED) is 0.738. The fourth-order valence-corrected chi connectivity index (χ4v) is 1.36. The van der Waals surface area contributed by atoms with Gasteiger partial charge in [-0.3, -0.25) is 4.79 Å². The average molecular weight is 224 g/mol. The summed E-state index contributed by atoms with van der Waals surface area (Å²) in [6, 6.07) is 1.24. The van der Waals surface area contributed by atoms with Crippen LogP contribution in [0.4, 0.5) is 8.78 Å². The van der Waals surface area contributed by atoms with Gasteiger partial charge in [-0.15, -0.1) is 0 Å². The third kappa shape index (κ3) is 2.36. The Morgan fingerprint density at radius 1 is 1.36 bits per heavy atom. The molecule has 3 N–H and O–H groups in total. The molecule has 1 aromatic rings. The lowest BCUT2D eigenvalue weighted by Crippen LogP contribution is -2.19. The number of H-pyrrole nitrogens is 1. The van der Waals surface area contributed by atoms with Gasteiger partial charge in [0.25, 0.3) is 16.4 Å². The number of primary sulfonamides is 1. The number of aromatic nitrogens is 1. The lowest BCUT2D eigenvalue weighted by Gasteiger charge is -2.01. The first-order valence-electron chi connectivity index (χ1n) is 3.36. The highest BCUT2D eigenvalue weighted by molar-refractivity contribution is 7.89. The van der Waals surface area contributed by atoms with Crippen LogP contribution in [0.1, 0.15) is 12.0 Å². The summed E-state index contributed by atoms with van der Waals surface area (Å²) in [5, 5.41) is 3.93. The molecule has 0 saturated carbocycles. The van der Waals surface area contributed by atoms with Crippen molar-refractivity contribution < 1.29 is 17.2 Å². The number of pyridine rings is 1. The molecule has 1 aromatic heterocycles. The van der Waals surface area contributed by atoms with Crippen molar-refractivity contribution >= 4 is 10.0 Å². The number of nitrogens with one attached hydrogen (secondary N) is 1. The molecule has 14 heavy (non-hydrogen) atoms. The fourth-order valence-electron chi connectivity index (χ4n) is 0.817. The number of hydrogen-bond donors (Lipinski definition) is 2. The Morgan fingerprint density at radius 3 is 2.36 bits per heavy atom. The molecule has 0 atom stereocenters. The van der Waals surface area contributed by atoms with Gasteiger partial charge in [-0.05, 0) is 6.07 Å². The molecule has 0 unspecified atom stereocenters. The van der Waals surface area contributed by atoms with Crippen molar-refractivity contribution in [3.8, 4) is 0 Å². The van der Waals surface area contributed by atoms with E-state index in [0.717, 1.165) is 0 Å². The van der Waals surface area contributed by atoms with E-state index in [2.05, 4.69) is 5.14 Å². The summed E-state index contributed by atoms with van der Waals surface area (Å²) in [7, 11) is -4.17. The number of halogens is 2. The molecule has 0 radical (unpaired) electrons. The summed E-state index contributed by atoms with van der Waals surface area (Å²) < 4.78 is 45.7. The summed E-state index contributed by atoms with van der Waals surface area (Å²) in [6.45, 7) is 0. The van der Waals surface area contributed by atoms with Gasteiger partial charge in [0.05, 0.1) is 0 Å². The van der Waals surface area contributed by atoms with Gasteiger partial charge in [0, 0.05) is 11.6 Å². The first-order chi connectivity index (χ1) is 6.30. The van der Waals surface area contributed by atoms with Crippen molar-refractivity contribution in [2.45, 2.75) is 11.5 Å². The van der Waals surface area contributed by atoms with Crippen LogP contribution < -0.4 is 10.7 Å². The number of sulfonamides is 1. The molecule has 0 bridgehead atoms. The van der Waals surface area contributed by atoms with E-state index in [4.69, 9.17) is 0 Å². The van der Waals surface area contributed by atoms with Crippen molar-refractivity contribution in [1.29, 1.82) is 0 Å². The highest BCUT2D eigenvalue weighted by Gasteiger charge is 2.14. The summed E-state index contributed by atoms with van der Waals surface area (Å²) >= 11 is 0. The highest BCUT2D eigenvalue weighted by atomic mass is 32.2. The van der Waals surface area contributed by atoms with E-state index in [-0.39, 0.29) is 0 Å². The van der Waals surface area contributed by atoms with Gasteiger partial charge in [-0.2, -0.15) is 0 Å². The van der Waals surface area contributed by atoms with Gasteiger partial charge in [0.15, 0.2) is 5.03 Å². The zero-order chi connectivity index (χ0) is 10.9. The SMILES string of the molecule is NS(=O)(=O)c1cc(C(F)F)cc(=O)[nH]1. The lowest BCUT2D eigenvalue weighted by atomic mass is 10.3. The maximum Gasteiger partial charge on any atom is 0.264 e. The van der Waals surface area contributed by atoms with E-state index >= 15 is 0 Å². The van der Waals surface area contributed by atoms with E-state index in [1.54, 1.807) is 0 Å². The van der Waals surface area contributed by atoms with E-state index in [1.807, 2.05) is 4.98 Å². The molecule has 0 aliphatic rings. The Hall–Kier alpha value is -1.28. The minimum absolute atomic E-state index is 0.610. The van der Waals surface area contributed by atoms with Crippen LogP contribution in [-0.4, -0.2) is 13.4 Å². The largest absolute Gasteiger partial charge is 0.312 e. The molecule has 8 heteroatoms. The fraction of sp³-hybridized carbons (Fsp3) is 0.167. The van der Waals surface area contributed by atoms with Gasteiger partial charge in [0.2, 0.25) is 5.56 Å². The van der Waals surface area contributed by atoms with Gasteiger partial charge >= 0.3 is 0 Å². The molecule has 0 fully saturated rings. The number of hydrogen-bond acceptors (Lipinski definition) is 3. The van der Waals surface area contributed by atoms with Crippen LogP contribution in [0.5, 0.6) is 0 Å². The smallest absolute Gasteiger partial charge is 0.264 e. The summed E-state index contributed by atoms with van der Waals surface area (Å²) in [6.07, 6.45) is -2.92. The van der Waals surface area contributed by atoms with Crippen LogP contribution in [0.25, 0.3) is 0 Å². The van der Waals surface area contributed by atoms with Crippen LogP contribution in [0.3, 0.4) is 0 Å². The number of alkyl halides is 2. The highest BCUT2D eigenvalue weighted by Crippen LogP contribution is 2.17. The van der Waals surface area contributed by atoms with Crippen molar-refractivity contribution in [2.24, 2.45) is 5.14 Å². The minimum atomic E-state index is -4.17. The van der Waals surface area contributed by atoms with Crippen molar-refractivity contribution in [1.82, 2.24) is 4.98 Å². The second-order valence-electron chi connectivity index (χ2n) is 2.49. The second-order valence-corrected chi connectivity index (χ2v) is 4.02. The molecule has 5 nitrogen and oxygen atoms in total. The molecule has 0 amide bonds. The van der Waals surface area contributed by atoms with E-state index in [9.17, 15) is 22.0 Å². The first kappa shape index (κ1) is 10.8. The molecule has 0 aliphatic carbocycles. The minimum Gasteiger partial charge on any atom is -0.312 e. The molecule has 0 saturated heterocycles. The summed E-state index contributed by atoms with van der Waals surface area (Å²) in [5.41, 5.74) is -1.62. The second kappa shape index (κ2) is 3.46. The zero-order valence-electron chi connectivity index (χ0n) is 6.70.